The Morgan fingerprint density at radius 1 is 1.04 bits per heavy atom. The normalized spacial score (nSPS) is 10.8. The molecule has 0 saturated carbocycles. The Bertz CT molecular complexity index is 1020. The van der Waals surface area contributed by atoms with Crippen LogP contribution in [0.5, 0.6) is 0 Å². The number of halogens is 1. The molecule has 0 radical (unpaired) electrons. The first-order chi connectivity index (χ1) is 12.2. The highest BCUT2D eigenvalue weighted by atomic mass is 79.9. The number of carbonyl (C=O) groups is 1. The summed E-state index contributed by atoms with van der Waals surface area (Å²) in [6.07, 6.45) is 1.67. The van der Waals surface area contributed by atoms with Gasteiger partial charge in [0.15, 0.2) is 11.2 Å². The monoisotopic (exact) mass is 393 g/mol. The quantitative estimate of drug-likeness (QED) is 0.537. The zero-order chi connectivity index (χ0) is 17.2. The van der Waals surface area contributed by atoms with Crippen LogP contribution in [-0.2, 0) is 0 Å². The molecule has 5 nitrogen and oxygen atoms in total. The van der Waals surface area contributed by atoms with E-state index in [0.29, 0.717) is 28.4 Å². The van der Waals surface area contributed by atoms with Crippen LogP contribution in [0.1, 0.15) is 10.4 Å². The SMILES string of the molecule is O=C(Nc1cccc(-c2nc3ncccc3o2)c1)c1ccc(Br)cc1. The Morgan fingerprint density at radius 3 is 2.68 bits per heavy atom. The summed E-state index contributed by atoms with van der Waals surface area (Å²) in [5.41, 5.74) is 3.20. The van der Waals surface area contributed by atoms with Gasteiger partial charge in [-0.15, -0.1) is 0 Å². The highest BCUT2D eigenvalue weighted by Gasteiger charge is 2.11. The predicted octanol–water partition coefficient (Wildman–Crippen LogP) is 4.90. The van der Waals surface area contributed by atoms with Crippen LogP contribution in [-0.4, -0.2) is 15.9 Å². The van der Waals surface area contributed by atoms with Crippen LogP contribution in [0.25, 0.3) is 22.7 Å². The minimum Gasteiger partial charge on any atom is -0.434 e. The molecule has 2 aromatic carbocycles. The first kappa shape index (κ1) is 15.5. The molecule has 4 rings (SSSR count). The molecule has 1 N–H and O–H groups in total. The first-order valence-electron chi connectivity index (χ1n) is 7.58. The molecule has 6 heteroatoms. The Kier molecular flexibility index (Phi) is 4.03. The standard InChI is InChI=1S/C19H12BrN3O2/c20-14-8-6-12(7-9-14)18(24)22-15-4-1-3-13(11-15)19-23-17-16(25-19)5-2-10-21-17/h1-11H,(H,22,24). The van der Waals surface area contributed by atoms with Crippen molar-refractivity contribution < 1.29 is 9.21 Å². The lowest BCUT2D eigenvalue weighted by Gasteiger charge is -2.06. The van der Waals surface area contributed by atoms with E-state index in [4.69, 9.17) is 4.42 Å². The van der Waals surface area contributed by atoms with E-state index in [0.717, 1.165) is 10.0 Å². The van der Waals surface area contributed by atoms with Crippen molar-refractivity contribution in [1.29, 1.82) is 0 Å². The molecule has 0 aliphatic rings. The van der Waals surface area contributed by atoms with E-state index < -0.39 is 0 Å². The predicted molar refractivity (Wildman–Crippen MR) is 99.3 cm³/mol. The third-order valence-corrected chi connectivity index (χ3v) is 4.17. The second kappa shape index (κ2) is 6.49. The lowest BCUT2D eigenvalue weighted by molar-refractivity contribution is 0.102. The zero-order valence-corrected chi connectivity index (χ0v) is 14.5. The molecule has 0 aliphatic heterocycles. The van der Waals surface area contributed by atoms with Crippen LogP contribution in [0.3, 0.4) is 0 Å². The summed E-state index contributed by atoms with van der Waals surface area (Å²) in [5, 5.41) is 2.88. The summed E-state index contributed by atoms with van der Waals surface area (Å²) in [5.74, 6) is 0.289. The molecule has 2 aromatic heterocycles. The van der Waals surface area contributed by atoms with Gasteiger partial charge >= 0.3 is 0 Å². The van der Waals surface area contributed by atoms with Gasteiger partial charge in [0.1, 0.15) is 0 Å². The number of nitrogens with zero attached hydrogens (tertiary/aromatic N) is 2. The number of carbonyl (C=O) groups excluding carboxylic acids is 1. The molecule has 0 spiro atoms. The third kappa shape index (κ3) is 3.29. The van der Waals surface area contributed by atoms with Crippen LogP contribution in [0.15, 0.2) is 75.8 Å². The number of fused-ring (bicyclic) bond motifs is 1. The summed E-state index contributed by atoms with van der Waals surface area (Å²) in [7, 11) is 0. The van der Waals surface area contributed by atoms with E-state index >= 15 is 0 Å². The number of hydrogen-bond donors (Lipinski definition) is 1. The summed E-state index contributed by atoms with van der Waals surface area (Å²) >= 11 is 3.36. The number of pyridine rings is 1. The molecule has 0 atom stereocenters. The third-order valence-electron chi connectivity index (χ3n) is 3.64. The van der Waals surface area contributed by atoms with Gasteiger partial charge in [0.05, 0.1) is 0 Å². The maximum atomic E-state index is 12.3. The second-order valence-electron chi connectivity index (χ2n) is 5.39. The average molecular weight is 394 g/mol. The number of hydrogen-bond acceptors (Lipinski definition) is 4. The lowest BCUT2D eigenvalue weighted by Crippen LogP contribution is -2.11. The number of anilines is 1. The fourth-order valence-electron chi connectivity index (χ4n) is 2.43. The topological polar surface area (TPSA) is 68.0 Å². The minimum atomic E-state index is -0.177. The summed E-state index contributed by atoms with van der Waals surface area (Å²) in [6, 6.07) is 18.2. The Labute approximate surface area is 151 Å². The van der Waals surface area contributed by atoms with Crippen molar-refractivity contribution in [3.63, 3.8) is 0 Å². The highest BCUT2D eigenvalue weighted by molar-refractivity contribution is 9.10. The number of rotatable bonds is 3. The molecule has 25 heavy (non-hydrogen) atoms. The van der Waals surface area contributed by atoms with Gasteiger partial charge in [0.2, 0.25) is 5.89 Å². The van der Waals surface area contributed by atoms with Crippen molar-refractivity contribution in [2.24, 2.45) is 0 Å². The smallest absolute Gasteiger partial charge is 0.255 e. The maximum absolute atomic E-state index is 12.3. The molecule has 2 heterocycles. The molecule has 0 saturated heterocycles. The molecule has 0 unspecified atom stereocenters. The summed E-state index contributed by atoms with van der Waals surface area (Å²) < 4.78 is 6.65. The molecule has 0 aliphatic carbocycles. The van der Waals surface area contributed by atoms with Gasteiger partial charge in [0, 0.05) is 27.5 Å². The van der Waals surface area contributed by atoms with E-state index in [1.807, 2.05) is 42.5 Å². The zero-order valence-electron chi connectivity index (χ0n) is 12.9. The van der Waals surface area contributed by atoms with Crippen molar-refractivity contribution in [1.82, 2.24) is 9.97 Å². The van der Waals surface area contributed by atoms with Crippen LogP contribution < -0.4 is 5.32 Å². The second-order valence-corrected chi connectivity index (χ2v) is 6.30. The number of oxazole rings is 1. The average Bonchev–Trinajstić information content (AvgIpc) is 3.07. The first-order valence-corrected chi connectivity index (χ1v) is 8.37. The number of aromatic nitrogens is 2. The van der Waals surface area contributed by atoms with Gasteiger partial charge in [0.25, 0.3) is 5.91 Å². The maximum Gasteiger partial charge on any atom is 0.255 e. The fourth-order valence-corrected chi connectivity index (χ4v) is 2.69. The van der Waals surface area contributed by atoms with Gasteiger partial charge in [-0.2, -0.15) is 4.98 Å². The van der Waals surface area contributed by atoms with Crippen molar-refractivity contribution >= 4 is 38.8 Å². The molecule has 0 fully saturated rings. The lowest BCUT2D eigenvalue weighted by atomic mass is 10.1. The Balaban J connectivity index is 1.60. The van der Waals surface area contributed by atoms with Crippen molar-refractivity contribution in [2.45, 2.75) is 0 Å². The van der Waals surface area contributed by atoms with E-state index in [2.05, 4.69) is 31.2 Å². The minimum absolute atomic E-state index is 0.177. The van der Waals surface area contributed by atoms with Gasteiger partial charge in [-0.3, -0.25) is 4.79 Å². The van der Waals surface area contributed by atoms with E-state index in [9.17, 15) is 4.79 Å². The number of amides is 1. The number of benzene rings is 2. The van der Waals surface area contributed by atoms with Crippen LogP contribution in [0.2, 0.25) is 0 Å². The molecular weight excluding hydrogens is 382 g/mol. The highest BCUT2D eigenvalue weighted by Crippen LogP contribution is 2.25. The van der Waals surface area contributed by atoms with E-state index in [1.54, 1.807) is 24.4 Å². The molecule has 122 valence electrons. The largest absolute Gasteiger partial charge is 0.434 e. The van der Waals surface area contributed by atoms with Crippen molar-refractivity contribution in [3.05, 3.63) is 76.9 Å². The fraction of sp³-hybridized carbons (Fsp3) is 0. The molecular formula is C19H12BrN3O2. The summed E-state index contributed by atoms with van der Waals surface area (Å²) in [4.78, 5) is 20.9. The van der Waals surface area contributed by atoms with Gasteiger partial charge < -0.3 is 9.73 Å². The van der Waals surface area contributed by atoms with E-state index in [1.165, 1.54) is 0 Å². The van der Waals surface area contributed by atoms with E-state index in [-0.39, 0.29) is 5.91 Å². The molecule has 4 aromatic rings. The number of nitrogens with one attached hydrogen (secondary N) is 1. The van der Waals surface area contributed by atoms with Crippen LogP contribution >= 0.6 is 15.9 Å². The molecule has 1 amide bonds. The Morgan fingerprint density at radius 2 is 1.88 bits per heavy atom. The Hall–Kier alpha value is -2.99. The van der Waals surface area contributed by atoms with Crippen LogP contribution in [0, 0.1) is 0 Å². The van der Waals surface area contributed by atoms with Gasteiger partial charge in [-0.25, -0.2) is 4.98 Å². The van der Waals surface area contributed by atoms with Gasteiger partial charge in [-0.1, -0.05) is 22.0 Å². The van der Waals surface area contributed by atoms with Crippen molar-refractivity contribution in [3.8, 4) is 11.5 Å². The molecule has 0 bridgehead atoms. The van der Waals surface area contributed by atoms with Crippen LogP contribution in [0.4, 0.5) is 5.69 Å². The van der Waals surface area contributed by atoms with Gasteiger partial charge in [-0.05, 0) is 54.6 Å². The summed E-state index contributed by atoms with van der Waals surface area (Å²) in [6.45, 7) is 0. The van der Waals surface area contributed by atoms with Crippen molar-refractivity contribution in [2.75, 3.05) is 5.32 Å².